The summed E-state index contributed by atoms with van der Waals surface area (Å²) in [5, 5.41) is 0.443. The van der Waals surface area contributed by atoms with Crippen LogP contribution in [0.15, 0.2) is 18.2 Å². The monoisotopic (exact) mass is 220 g/mol. The Morgan fingerprint density at radius 1 is 1.36 bits per heavy atom. The summed E-state index contributed by atoms with van der Waals surface area (Å²) in [7, 11) is 0. The summed E-state index contributed by atoms with van der Waals surface area (Å²) in [4.78, 5) is 0. The first-order chi connectivity index (χ1) is 6.50. The number of hydrogen-bond acceptors (Lipinski definition) is 2. The molecule has 0 fully saturated rings. The Kier molecular flexibility index (Phi) is 3.66. The smallest absolute Gasteiger partial charge is 0.240 e. The number of hydrogen-bond donors (Lipinski definition) is 2. The number of alkyl halides is 2. The number of benzene rings is 1. The first-order valence-corrected chi connectivity index (χ1v) is 4.47. The fourth-order valence-electron chi connectivity index (χ4n) is 1.19. The number of nitrogen functional groups attached to an aromatic ring is 1. The Bertz CT molecular complexity index is 318. The summed E-state index contributed by atoms with van der Waals surface area (Å²) >= 11 is 5.70. The van der Waals surface area contributed by atoms with Crippen LogP contribution in [0.25, 0.3) is 0 Å². The fourth-order valence-corrected chi connectivity index (χ4v) is 1.37. The summed E-state index contributed by atoms with van der Waals surface area (Å²) in [5.41, 5.74) is 12.0. The van der Waals surface area contributed by atoms with Crippen molar-refractivity contribution in [3.8, 4) is 0 Å². The third-order valence-electron chi connectivity index (χ3n) is 1.88. The molecule has 0 saturated carbocycles. The van der Waals surface area contributed by atoms with Gasteiger partial charge in [-0.3, -0.25) is 0 Å². The van der Waals surface area contributed by atoms with Crippen LogP contribution in [0.3, 0.4) is 0 Å². The van der Waals surface area contributed by atoms with Crippen LogP contribution in [0.1, 0.15) is 18.0 Å². The highest BCUT2D eigenvalue weighted by Crippen LogP contribution is 2.26. The van der Waals surface area contributed by atoms with Crippen molar-refractivity contribution in [1.82, 2.24) is 0 Å². The molecule has 0 amide bonds. The highest BCUT2D eigenvalue weighted by atomic mass is 35.5. The molecule has 0 aliphatic heterocycles. The molecule has 78 valence electrons. The molecular formula is C9H11ClF2N2. The maximum atomic E-state index is 12.0. The third kappa shape index (κ3) is 2.82. The number of nitrogens with two attached hydrogens (primary N) is 2. The molecule has 0 aromatic heterocycles. The van der Waals surface area contributed by atoms with Gasteiger partial charge in [0.25, 0.3) is 0 Å². The highest BCUT2D eigenvalue weighted by molar-refractivity contribution is 6.30. The fraction of sp³-hybridized carbons (Fsp3) is 0.333. The van der Waals surface area contributed by atoms with Gasteiger partial charge in [-0.2, -0.15) is 0 Å². The lowest BCUT2D eigenvalue weighted by atomic mass is 10.0. The maximum absolute atomic E-state index is 12.0. The zero-order chi connectivity index (χ0) is 10.7. The lowest BCUT2D eigenvalue weighted by Crippen LogP contribution is -2.15. The first-order valence-electron chi connectivity index (χ1n) is 4.09. The Hall–Kier alpha value is -0.870. The van der Waals surface area contributed by atoms with E-state index in [0.29, 0.717) is 16.3 Å². The lowest BCUT2D eigenvalue weighted by Gasteiger charge is -2.14. The van der Waals surface area contributed by atoms with E-state index in [-0.39, 0.29) is 0 Å². The zero-order valence-corrected chi connectivity index (χ0v) is 8.14. The molecule has 1 rings (SSSR count). The van der Waals surface area contributed by atoms with Gasteiger partial charge in [0.1, 0.15) is 0 Å². The van der Waals surface area contributed by atoms with Gasteiger partial charge in [-0.1, -0.05) is 11.6 Å². The van der Waals surface area contributed by atoms with Gasteiger partial charge in [0.05, 0.1) is 0 Å². The van der Waals surface area contributed by atoms with Crippen LogP contribution < -0.4 is 11.5 Å². The summed E-state index contributed by atoms with van der Waals surface area (Å²) < 4.78 is 24.1. The predicted octanol–water partition coefficient (Wildman–Crippen LogP) is 2.58. The van der Waals surface area contributed by atoms with E-state index in [0.717, 1.165) is 0 Å². The van der Waals surface area contributed by atoms with E-state index in [9.17, 15) is 8.78 Å². The second-order valence-electron chi connectivity index (χ2n) is 3.01. The van der Waals surface area contributed by atoms with Crippen molar-refractivity contribution in [1.29, 1.82) is 0 Å². The topological polar surface area (TPSA) is 52.0 Å². The summed E-state index contributed by atoms with van der Waals surface area (Å²) in [6, 6.07) is 3.90. The van der Waals surface area contributed by atoms with E-state index in [1.165, 1.54) is 6.07 Å². The van der Waals surface area contributed by atoms with Crippen molar-refractivity contribution < 1.29 is 8.78 Å². The lowest BCUT2D eigenvalue weighted by molar-refractivity contribution is 0.128. The van der Waals surface area contributed by atoms with Gasteiger partial charge in [0.2, 0.25) is 6.43 Å². The zero-order valence-electron chi connectivity index (χ0n) is 7.38. The van der Waals surface area contributed by atoms with Crippen LogP contribution >= 0.6 is 11.6 Å². The Morgan fingerprint density at radius 3 is 2.57 bits per heavy atom. The molecule has 0 saturated heterocycles. The van der Waals surface area contributed by atoms with Crippen molar-refractivity contribution in [2.75, 3.05) is 5.73 Å². The molecular weight excluding hydrogens is 210 g/mol. The van der Waals surface area contributed by atoms with Crippen molar-refractivity contribution in [2.45, 2.75) is 18.9 Å². The maximum Gasteiger partial charge on any atom is 0.240 e. The Balaban J connectivity index is 2.88. The Labute approximate surface area is 85.8 Å². The number of rotatable bonds is 3. The molecule has 0 aliphatic carbocycles. The van der Waals surface area contributed by atoms with Crippen LogP contribution in [0.2, 0.25) is 5.02 Å². The van der Waals surface area contributed by atoms with Gasteiger partial charge >= 0.3 is 0 Å². The van der Waals surface area contributed by atoms with Crippen LogP contribution in [-0.2, 0) is 0 Å². The number of halogens is 3. The quantitative estimate of drug-likeness (QED) is 0.770. The predicted molar refractivity (Wildman–Crippen MR) is 53.4 cm³/mol. The largest absolute Gasteiger partial charge is 0.398 e. The minimum absolute atomic E-state index is 0.391. The molecule has 5 heteroatoms. The normalized spacial score (nSPS) is 13.2. The first kappa shape index (κ1) is 11.2. The van der Waals surface area contributed by atoms with E-state index < -0.39 is 18.9 Å². The van der Waals surface area contributed by atoms with Crippen LogP contribution in [-0.4, -0.2) is 6.43 Å². The molecule has 0 unspecified atom stereocenters. The van der Waals surface area contributed by atoms with Crippen molar-refractivity contribution in [2.24, 2.45) is 5.73 Å². The molecule has 14 heavy (non-hydrogen) atoms. The van der Waals surface area contributed by atoms with Gasteiger partial charge < -0.3 is 11.5 Å². The van der Waals surface area contributed by atoms with E-state index in [1.54, 1.807) is 12.1 Å². The summed E-state index contributed by atoms with van der Waals surface area (Å²) in [6.45, 7) is 0. The molecule has 2 nitrogen and oxygen atoms in total. The highest BCUT2D eigenvalue weighted by Gasteiger charge is 2.15. The average Bonchev–Trinajstić information content (AvgIpc) is 2.08. The average molecular weight is 221 g/mol. The molecule has 0 bridgehead atoms. The minimum Gasteiger partial charge on any atom is -0.398 e. The number of anilines is 1. The summed E-state index contributed by atoms with van der Waals surface area (Å²) in [6.07, 6.45) is -2.85. The Morgan fingerprint density at radius 2 is 2.00 bits per heavy atom. The minimum atomic E-state index is -2.44. The SMILES string of the molecule is Nc1ccc(Cl)cc1[C@@H](N)CC(F)F. The van der Waals surface area contributed by atoms with Crippen molar-refractivity contribution >= 4 is 17.3 Å². The van der Waals surface area contributed by atoms with Gasteiger partial charge in [-0.25, -0.2) is 8.78 Å². The van der Waals surface area contributed by atoms with E-state index >= 15 is 0 Å². The van der Waals surface area contributed by atoms with Gasteiger partial charge in [-0.15, -0.1) is 0 Å². The molecule has 4 N–H and O–H groups in total. The van der Waals surface area contributed by atoms with Crippen LogP contribution in [0.4, 0.5) is 14.5 Å². The van der Waals surface area contributed by atoms with E-state index in [2.05, 4.69) is 0 Å². The molecule has 0 aliphatic rings. The van der Waals surface area contributed by atoms with Gasteiger partial charge in [-0.05, 0) is 23.8 Å². The molecule has 1 aromatic carbocycles. The third-order valence-corrected chi connectivity index (χ3v) is 2.12. The van der Waals surface area contributed by atoms with Crippen LogP contribution in [0.5, 0.6) is 0 Å². The van der Waals surface area contributed by atoms with Gasteiger partial charge in [0.15, 0.2) is 0 Å². The molecule has 0 spiro atoms. The summed E-state index contributed by atoms with van der Waals surface area (Å²) in [5.74, 6) is 0. The molecule has 0 radical (unpaired) electrons. The second kappa shape index (κ2) is 4.57. The second-order valence-corrected chi connectivity index (χ2v) is 3.44. The van der Waals surface area contributed by atoms with Crippen LogP contribution in [0, 0.1) is 0 Å². The van der Waals surface area contributed by atoms with E-state index in [1.807, 2.05) is 0 Å². The standard InChI is InChI=1S/C9H11ClF2N2/c10-5-1-2-7(13)6(3-5)8(14)4-9(11)12/h1-3,8-9H,4,13-14H2/t8-/m0/s1. The van der Waals surface area contributed by atoms with Gasteiger partial charge in [0, 0.05) is 23.2 Å². The molecule has 1 atom stereocenters. The van der Waals surface area contributed by atoms with E-state index in [4.69, 9.17) is 23.1 Å². The molecule has 0 heterocycles. The molecule has 1 aromatic rings. The van der Waals surface area contributed by atoms with Crippen molar-refractivity contribution in [3.05, 3.63) is 28.8 Å². The van der Waals surface area contributed by atoms with Crippen molar-refractivity contribution in [3.63, 3.8) is 0 Å².